The van der Waals surface area contributed by atoms with Crippen molar-refractivity contribution in [2.45, 2.75) is 13.5 Å². The van der Waals surface area contributed by atoms with Crippen molar-refractivity contribution < 1.29 is 9.13 Å². The average Bonchev–Trinajstić information content (AvgIpc) is 2.84. The van der Waals surface area contributed by atoms with Gasteiger partial charge in [0, 0.05) is 18.5 Å². The van der Waals surface area contributed by atoms with Crippen LogP contribution >= 0.6 is 11.6 Å². The maximum absolute atomic E-state index is 13.3. The molecule has 20 heavy (non-hydrogen) atoms. The minimum Gasteiger partial charge on any atom is -0.490 e. The van der Waals surface area contributed by atoms with Gasteiger partial charge in [0.05, 0.1) is 18.0 Å². The molecule has 0 N–H and O–H groups in total. The van der Waals surface area contributed by atoms with Crippen LogP contribution in [0.4, 0.5) is 4.39 Å². The number of imidazole rings is 1. The maximum Gasteiger partial charge on any atom is 0.137 e. The first-order valence-electron chi connectivity index (χ1n) is 6.15. The molecule has 0 aliphatic rings. The van der Waals surface area contributed by atoms with Crippen LogP contribution in [0.25, 0.3) is 0 Å². The number of ether oxygens (including phenoxy) is 1. The van der Waals surface area contributed by atoms with E-state index in [9.17, 15) is 4.39 Å². The molecule has 2 rings (SSSR count). The van der Waals surface area contributed by atoms with Crippen LogP contribution in [0.3, 0.4) is 0 Å². The fourth-order valence-corrected chi connectivity index (χ4v) is 1.81. The molecule has 5 heteroatoms. The van der Waals surface area contributed by atoms with Gasteiger partial charge in [-0.05, 0) is 19.1 Å². The van der Waals surface area contributed by atoms with E-state index in [0.29, 0.717) is 24.5 Å². The van der Waals surface area contributed by atoms with Gasteiger partial charge < -0.3 is 9.30 Å². The Morgan fingerprint density at radius 1 is 1.45 bits per heavy atom. The molecule has 0 bridgehead atoms. The Bertz CT molecular complexity index is 643. The van der Waals surface area contributed by atoms with E-state index in [1.165, 1.54) is 12.1 Å². The summed E-state index contributed by atoms with van der Waals surface area (Å²) in [5.41, 5.74) is 0.634. The van der Waals surface area contributed by atoms with Crippen molar-refractivity contribution in [1.29, 1.82) is 0 Å². The maximum atomic E-state index is 13.3. The van der Waals surface area contributed by atoms with Crippen molar-refractivity contribution in [2.75, 3.05) is 12.5 Å². The standard InChI is InChI=1S/C15H14ClFN2O/c1-12-18-7-8-19(12)9-10-20-15-11-14(17)5-4-13(15)3-2-6-16/h4-5,7-8,11H,6,9-10H2,1H3. The van der Waals surface area contributed by atoms with Crippen molar-refractivity contribution in [3.05, 3.63) is 47.8 Å². The zero-order valence-corrected chi connectivity index (χ0v) is 11.8. The molecule has 1 aromatic heterocycles. The Hall–Kier alpha value is -1.99. The molecule has 0 aliphatic heterocycles. The van der Waals surface area contributed by atoms with E-state index in [1.54, 1.807) is 12.3 Å². The predicted octanol–water partition coefficient (Wildman–Crippen LogP) is 3.00. The lowest BCUT2D eigenvalue weighted by Crippen LogP contribution is -2.09. The van der Waals surface area contributed by atoms with E-state index in [-0.39, 0.29) is 11.7 Å². The van der Waals surface area contributed by atoms with E-state index >= 15 is 0 Å². The molecule has 104 valence electrons. The van der Waals surface area contributed by atoms with Crippen molar-refractivity contribution in [3.63, 3.8) is 0 Å². The monoisotopic (exact) mass is 292 g/mol. The molecule has 0 radical (unpaired) electrons. The van der Waals surface area contributed by atoms with Gasteiger partial charge in [-0.2, -0.15) is 0 Å². The van der Waals surface area contributed by atoms with Crippen LogP contribution < -0.4 is 4.74 Å². The first-order valence-corrected chi connectivity index (χ1v) is 6.69. The van der Waals surface area contributed by atoms with Gasteiger partial charge in [-0.1, -0.05) is 11.8 Å². The first-order chi connectivity index (χ1) is 9.70. The smallest absolute Gasteiger partial charge is 0.137 e. The third-order valence-corrected chi connectivity index (χ3v) is 2.88. The van der Waals surface area contributed by atoms with Gasteiger partial charge in [-0.15, -0.1) is 11.6 Å². The SMILES string of the molecule is Cc1nccn1CCOc1cc(F)ccc1C#CCCl. The Morgan fingerprint density at radius 2 is 2.30 bits per heavy atom. The molecule has 0 unspecified atom stereocenters. The topological polar surface area (TPSA) is 27.1 Å². The summed E-state index contributed by atoms with van der Waals surface area (Å²) in [5.74, 6) is 6.81. The Labute approximate surface area is 122 Å². The van der Waals surface area contributed by atoms with Crippen LogP contribution in [-0.2, 0) is 6.54 Å². The van der Waals surface area contributed by atoms with Crippen LogP contribution in [0.15, 0.2) is 30.6 Å². The van der Waals surface area contributed by atoms with Crippen LogP contribution in [0, 0.1) is 24.6 Å². The molecule has 2 aromatic rings. The molecule has 1 heterocycles. The number of benzene rings is 1. The second-order valence-corrected chi connectivity index (χ2v) is 4.36. The summed E-state index contributed by atoms with van der Waals surface area (Å²) >= 11 is 5.53. The zero-order valence-electron chi connectivity index (χ0n) is 11.1. The number of nitrogens with zero attached hydrogens (tertiary/aromatic N) is 2. The van der Waals surface area contributed by atoms with E-state index in [4.69, 9.17) is 16.3 Å². The van der Waals surface area contributed by atoms with Crippen molar-refractivity contribution in [3.8, 4) is 17.6 Å². The van der Waals surface area contributed by atoms with E-state index in [0.717, 1.165) is 5.82 Å². The fraction of sp³-hybridized carbons (Fsp3) is 0.267. The van der Waals surface area contributed by atoms with Gasteiger partial charge in [-0.3, -0.25) is 0 Å². The molecule has 0 aliphatic carbocycles. The summed E-state index contributed by atoms with van der Waals surface area (Å²) in [6, 6.07) is 4.27. The summed E-state index contributed by atoms with van der Waals surface area (Å²) in [6.45, 7) is 2.97. The summed E-state index contributed by atoms with van der Waals surface area (Å²) in [4.78, 5) is 4.12. The Morgan fingerprint density at radius 3 is 3.00 bits per heavy atom. The number of aryl methyl sites for hydroxylation is 1. The normalized spacial score (nSPS) is 9.95. The summed E-state index contributed by atoms with van der Waals surface area (Å²) in [5, 5.41) is 0. The Balaban J connectivity index is 2.04. The minimum atomic E-state index is -0.352. The van der Waals surface area contributed by atoms with Crippen molar-refractivity contribution in [2.24, 2.45) is 0 Å². The molecule has 1 aromatic carbocycles. The summed E-state index contributed by atoms with van der Waals surface area (Å²) in [7, 11) is 0. The zero-order chi connectivity index (χ0) is 14.4. The van der Waals surface area contributed by atoms with Crippen molar-refractivity contribution in [1.82, 2.24) is 9.55 Å². The molecular formula is C15H14ClFN2O. The molecule has 0 atom stereocenters. The molecule has 3 nitrogen and oxygen atoms in total. The lowest BCUT2D eigenvalue weighted by atomic mass is 10.2. The van der Waals surface area contributed by atoms with E-state index in [2.05, 4.69) is 16.8 Å². The predicted molar refractivity (Wildman–Crippen MR) is 76.5 cm³/mol. The first kappa shape index (κ1) is 14.4. The average molecular weight is 293 g/mol. The largest absolute Gasteiger partial charge is 0.490 e. The van der Waals surface area contributed by atoms with Crippen molar-refractivity contribution >= 4 is 11.6 Å². The number of hydrogen-bond acceptors (Lipinski definition) is 2. The minimum absolute atomic E-state index is 0.227. The van der Waals surface area contributed by atoms with Gasteiger partial charge >= 0.3 is 0 Å². The highest BCUT2D eigenvalue weighted by Gasteiger charge is 2.04. The van der Waals surface area contributed by atoms with Crippen LogP contribution in [0.1, 0.15) is 11.4 Å². The van der Waals surface area contributed by atoms with Gasteiger partial charge in [0.1, 0.15) is 24.0 Å². The second kappa shape index (κ2) is 6.97. The number of alkyl halides is 1. The van der Waals surface area contributed by atoms with Crippen LogP contribution in [-0.4, -0.2) is 22.0 Å². The van der Waals surface area contributed by atoms with Gasteiger partial charge in [0.2, 0.25) is 0 Å². The quantitative estimate of drug-likeness (QED) is 0.640. The van der Waals surface area contributed by atoms with Gasteiger partial charge in [0.25, 0.3) is 0 Å². The fourth-order valence-electron chi connectivity index (χ4n) is 1.74. The van der Waals surface area contributed by atoms with E-state index in [1.807, 2.05) is 17.7 Å². The lowest BCUT2D eigenvalue weighted by molar-refractivity contribution is 0.295. The third-order valence-electron chi connectivity index (χ3n) is 2.75. The van der Waals surface area contributed by atoms with Gasteiger partial charge in [-0.25, -0.2) is 9.37 Å². The number of rotatable bonds is 4. The highest BCUT2D eigenvalue weighted by molar-refractivity contribution is 6.19. The summed E-state index contributed by atoms with van der Waals surface area (Å²) < 4.78 is 20.8. The molecule has 0 saturated heterocycles. The van der Waals surface area contributed by atoms with E-state index < -0.39 is 0 Å². The molecule has 0 amide bonds. The Kier molecular flexibility index (Phi) is 5.03. The highest BCUT2D eigenvalue weighted by atomic mass is 35.5. The number of hydrogen-bond donors (Lipinski definition) is 0. The van der Waals surface area contributed by atoms with Crippen LogP contribution in [0.2, 0.25) is 0 Å². The third kappa shape index (κ3) is 3.75. The lowest BCUT2D eigenvalue weighted by Gasteiger charge is -2.10. The molecular weight excluding hydrogens is 279 g/mol. The van der Waals surface area contributed by atoms with Gasteiger partial charge in [0.15, 0.2) is 0 Å². The number of halogens is 2. The summed E-state index contributed by atoms with van der Waals surface area (Å²) in [6.07, 6.45) is 3.60. The second-order valence-electron chi connectivity index (χ2n) is 4.09. The molecule has 0 spiro atoms. The number of aromatic nitrogens is 2. The highest BCUT2D eigenvalue weighted by Crippen LogP contribution is 2.19. The molecule has 0 fully saturated rings. The van der Waals surface area contributed by atoms with Crippen LogP contribution in [0.5, 0.6) is 5.75 Å². The molecule has 0 saturated carbocycles.